The Morgan fingerprint density at radius 1 is 0.863 bits per heavy atom. The van der Waals surface area contributed by atoms with E-state index < -0.39 is 6.29 Å². The molecule has 5 N–H and O–H groups in total. The number of anilines is 2. The number of ether oxygens (including phenoxy) is 4. The number of hydrogen-bond donors (Lipinski definition) is 4. The van der Waals surface area contributed by atoms with Gasteiger partial charge in [-0.25, -0.2) is 0 Å². The summed E-state index contributed by atoms with van der Waals surface area (Å²) in [5.41, 5.74) is 14.4. The first-order valence-corrected chi connectivity index (χ1v) is 17.5. The molecule has 4 aromatic carbocycles. The third-order valence-corrected chi connectivity index (χ3v) is 9.27. The number of amides is 2. The van der Waals surface area contributed by atoms with Gasteiger partial charge in [0.25, 0.3) is 11.8 Å². The molecule has 0 saturated heterocycles. The first-order valence-electron chi connectivity index (χ1n) is 17.5. The van der Waals surface area contributed by atoms with Gasteiger partial charge >= 0.3 is 0 Å². The minimum atomic E-state index is -0.670. The molecule has 3 atom stereocenters. The third-order valence-electron chi connectivity index (χ3n) is 9.27. The van der Waals surface area contributed by atoms with Crippen molar-refractivity contribution in [3.63, 3.8) is 0 Å². The summed E-state index contributed by atoms with van der Waals surface area (Å²) in [4.78, 5) is 26.5. The SMILES string of the molecule is CCOC1OC(C(=O)NCc2ccc(C(=O)Nc3ccccc3N)cc2)=CC(c2cccc3c2Cc2ccccc2-3)C1CCOCCOCCO. The Hall–Kier alpha value is -5.00. The highest BCUT2D eigenvalue weighted by Crippen LogP contribution is 2.45. The Kier molecular flexibility index (Phi) is 12.1. The minimum absolute atomic E-state index is 0.0267. The monoisotopic (exact) mass is 691 g/mol. The van der Waals surface area contributed by atoms with E-state index in [1.807, 2.05) is 19.1 Å². The number of hydrogen-bond acceptors (Lipinski definition) is 8. The van der Waals surface area contributed by atoms with Crippen molar-refractivity contribution in [2.75, 3.05) is 50.7 Å². The fourth-order valence-electron chi connectivity index (χ4n) is 6.74. The maximum atomic E-state index is 13.7. The molecule has 1 aliphatic heterocycles. The second-order valence-corrected chi connectivity index (χ2v) is 12.5. The number of para-hydroxylation sites is 2. The summed E-state index contributed by atoms with van der Waals surface area (Å²) in [5, 5.41) is 14.8. The summed E-state index contributed by atoms with van der Waals surface area (Å²) in [6.07, 6.45) is 2.71. The van der Waals surface area contributed by atoms with Crippen LogP contribution >= 0.6 is 0 Å². The molecule has 51 heavy (non-hydrogen) atoms. The number of rotatable bonds is 16. The lowest BCUT2D eigenvalue weighted by atomic mass is 9.78. The average Bonchev–Trinajstić information content (AvgIpc) is 3.54. The van der Waals surface area contributed by atoms with Crippen molar-refractivity contribution in [2.45, 2.75) is 38.5 Å². The largest absolute Gasteiger partial charge is 0.459 e. The highest BCUT2D eigenvalue weighted by Gasteiger charge is 2.39. The Morgan fingerprint density at radius 3 is 2.39 bits per heavy atom. The molecular formula is C41H45N3O7. The zero-order chi connectivity index (χ0) is 35.6. The maximum absolute atomic E-state index is 13.7. The van der Waals surface area contributed by atoms with Crippen LogP contribution < -0.4 is 16.4 Å². The van der Waals surface area contributed by atoms with E-state index in [1.54, 1.807) is 42.5 Å². The minimum Gasteiger partial charge on any atom is -0.459 e. The molecule has 1 aliphatic carbocycles. The number of fused-ring (bicyclic) bond motifs is 3. The van der Waals surface area contributed by atoms with Gasteiger partial charge in [-0.3, -0.25) is 9.59 Å². The van der Waals surface area contributed by atoms with E-state index in [4.69, 9.17) is 29.8 Å². The zero-order valence-corrected chi connectivity index (χ0v) is 28.8. The molecule has 0 spiro atoms. The van der Waals surface area contributed by atoms with Crippen LogP contribution in [0, 0.1) is 5.92 Å². The van der Waals surface area contributed by atoms with Crippen LogP contribution in [0.2, 0.25) is 0 Å². The maximum Gasteiger partial charge on any atom is 0.286 e. The molecule has 2 aliphatic rings. The Morgan fingerprint density at radius 2 is 1.61 bits per heavy atom. The van der Waals surface area contributed by atoms with Crippen LogP contribution in [0.15, 0.2) is 103 Å². The van der Waals surface area contributed by atoms with E-state index in [2.05, 4.69) is 53.1 Å². The number of benzene rings is 4. The summed E-state index contributed by atoms with van der Waals surface area (Å²) in [7, 11) is 0. The molecule has 3 unspecified atom stereocenters. The lowest BCUT2D eigenvalue weighted by molar-refractivity contribution is -0.168. The molecule has 0 fully saturated rings. The number of carbonyl (C=O) groups is 2. The van der Waals surface area contributed by atoms with Crippen LogP contribution in [0.3, 0.4) is 0 Å². The molecule has 0 bridgehead atoms. The van der Waals surface area contributed by atoms with Gasteiger partial charge in [-0.1, -0.05) is 66.7 Å². The lowest BCUT2D eigenvalue weighted by Crippen LogP contribution is -2.39. The molecule has 1 heterocycles. The number of aliphatic hydroxyl groups excluding tert-OH is 1. The van der Waals surface area contributed by atoms with Gasteiger partial charge in [0.15, 0.2) is 5.76 Å². The van der Waals surface area contributed by atoms with E-state index >= 15 is 0 Å². The number of nitrogens with two attached hydrogens (primary N) is 1. The van der Waals surface area contributed by atoms with Crippen molar-refractivity contribution in [1.82, 2.24) is 5.32 Å². The van der Waals surface area contributed by atoms with Crippen LogP contribution in [-0.2, 0) is 36.7 Å². The molecule has 10 nitrogen and oxygen atoms in total. The number of allylic oxidation sites excluding steroid dienone is 1. The molecule has 2 amide bonds. The first kappa shape index (κ1) is 35.8. The number of carbonyl (C=O) groups excluding carboxylic acids is 2. The fourth-order valence-corrected chi connectivity index (χ4v) is 6.74. The smallest absolute Gasteiger partial charge is 0.286 e. The second kappa shape index (κ2) is 17.3. The van der Waals surface area contributed by atoms with Crippen LogP contribution in [0.5, 0.6) is 0 Å². The fraction of sp³-hybridized carbons (Fsp3) is 0.317. The molecule has 266 valence electrons. The molecular weight excluding hydrogens is 646 g/mol. The number of nitrogens with one attached hydrogen (secondary N) is 2. The predicted molar refractivity (Wildman–Crippen MR) is 196 cm³/mol. The van der Waals surface area contributed by atoms with Gasteiger partial charge < -0.3 is 40.4 Å². The Bertz CT molecular complexity index is 1840. The highest BCUT2D eigenvalue weighted by molar-refractivity contribution is 6.05. The van der Waals surface area contributed by atoms with Gasteiger partial charge in [-0.2, -0.15) is 0 Å². The van der Waals surface area contributed by atoms with Crippen molar-refractivity contribution in [1.29, 1.82) is 0 Å². The lowest BCUT2D eigenvalue weighted by Gasteiger charge is -2.37. The van der Waals surface area contributed by atoms with Gasteiger partial charge in [-0.15, -0.1) is 0 Å². The van der Waals surface area contributed by atoms with Gasteiger partial charge in [0, 0.05) is 37.2 Å². The van der Waals surface area contributed by atoms with Gasteiger partial charge in [0.2, 0.25) is 6.29 Å². The standard InChI is InChI=1S/C41H45N3O7/c1-2-50-41-33(18-20-48-22-23-49-21-19-45)35(32-11-7-10-31-30-9-4-3-8-29(30)24-34(31)32)25-38(51-41)40(47)43-26-27-14-16-28(17-15-27)39(46)44-37-13-6-5-12-36(37)42/h3-17,25,33,35,41,45H,2,18-24,26,42H2,1H3,(H,43,47)(H,44,46). The predicted octanol–water partition coefficient (Wildman–Crippen LogP) is 5.80. The van der Waals surface area contributed by atoms with E-state index in [-0.39, 0.29) is 49.2 Å². The summed E-state index contributed by atoms with van der Waals surface area (Å²) in [6, 6.07) is 29.0. The van der Waals surface area contributed by atoms with Crippen molar-refractivity contribution in [3.8, 4) is 11.1 Å². The molecule has 10 heteroatoms. The molecule has 0 saturated carbocycles. The van der Waals surface area contributed by atoms with E-state index in [0.717, 1.165) is 17.5 Å². The average molecular weight is 692 g/mol. The van der Waals surface area contributed by atoms with Gasteiger partial charge in [-0.05, 0) is 83.5 Å². The van der Waals surface area contributed by atoms with E-state index in [0.29, 0.717) is 49.8 Å². The quantitative estimate of drug-likeness (QED) is 0.0752. The topological polar surface area (TPSA) is 141 Å². The van der Waals surface area contributed by atoms with E-state index in [9.17, 15) is 9.59 Å². The summed E-state index contributed by atoms with van der Waals surface area (Å²) >= 11 is 0. The van der Waals surface area contributed by atoms with Crippen molar-refractivity contribution < 1.29 is 33.6 Å². The summed E-state index contributed by atoms with van der Waals surface area (Å²) in [5.74, 6) is -0.719. The van der Waals surface area contributed by atoms with E-state index in [1.165, 1.54) is 22.3 Å². The van der Waals surface area contributed by atoms with Crippen LogP contribution in [0.4, 0.5) is 11.4 Å². The summed E-state index contributed by atoms with van der Waals surface area (Å²) in [6.45, 7) is 4.07. The molecule has 6 rings (SSSR count). The normalized spacial score (nSPS) is 17.5. The molecule has 0 radical (unpaired) electrons. The van der Waals surface area contributed by atoms with Crippen molar-refractivity contribution in [3.05, 3.63) is 131 Å². The second-order valence-electron chi connectivity index (χ2n) is 12.5. The molecule has 4 aromatic rings. The first-order chi connectivity index (χ1) is 25.0. The Labute approximate surface area is 298 Å². The van der Waals surface area contributed by atoms with Gasteiger partial charge in [0.1, 0.15) is 0 Å². The molecule has 0 aromatic heterocycles. The Balaban J connectivity index is 1.19. The van der Waals surface area contributed by atoms with Crippen LogP contribution in [0.1, 0.15) is 51.9 Å². The number of nitrogen functional groups attached to an aromatic ring is 1. The third kappa shape index (κ3) is 8.66. The van der Waals surface area contributed by atoms with Crippen LogP contribution in [-0.4, -0.2) is 62.9 Å². The van der Waals surface area contributed by atoms with Crippen LogP contribution in [0.25, 0.3) is 11.1 Å². The number of aliphatic hydroxyl groups is 1. The van der Waals surface area contributed by atoms with Crippen molar-refractivity contribution in [2.24, 2.45) is 5.92 Å². The zero-order valence-electron chi connectivity index (χ0n) is 28.8. The highest BCUT2D eigenvalue weighted by atomic mass is 16.7. The summed E-state index contributed by atoms with van der Waals surface area (Å²) < 4.78 is 23.7. The van der Waals surface area contributed by atoms with Crippen molar-refractivity contribution >= 4 is 23.2 Å². The van der Waals surface area contributed by atoms with Gasteiger partial charge in [0.05, 0.1) is 37.8 Å².